The van der Waals surface area contributed by atoms with Gasteiger partial charge in [0.2, 0.25) is 0 Å². The zero-order chi connectivity index (χ0) is 37.6. The van der Waals surface area contributed by atoms with E-state index >= 15 is 0 Å². The van der Waals surface area contributed by atoms with Gasteiger partial charge in [-0.05, 0) is 94.3 Å². The van der Waals surface area contributed by atoms with Gasteiger partial charge in [0.1, 0.15) is 5.65 Å². The van der Waals surface area contributed by atoms with E-state index in [1.807, 2.05) is 30.7 Å². The Morgan fingerprint density at radius 1 is 0.672 bits per heavy atom. The maximum Gasteiger partial charge on any atom is 0.252 e. The molecule has 7 heteroatoms. The summed E-state index contributed by atoms with van der Waals surface area (Å²) in [6.07, 6.45) is 12.3. The van der Waals surface area contributed by atoms with Gasteiger partial charge >= 0.3 is 0 Å². The third-order valence-corrected chi connectivity index (χ3v) is 12.9. The quantitative estimate of drug-likeness (QED) is 0.134. The summed E-state index contributed by atoms with van der Waals surface area (Å²) >= 11 is 0. The van der Waals surface area contributed by atoms with Gasteiger partial charge in [0.05, 0.1) is 39.4 Å². The Labute approximate surface area is 333 Å². The summed E-state index contributed by atoms with van der Waals surface area (Å²) in [7, 11) is 0. The monoisotopic (exact) mass is 736 g/mol. The lowest BCUT2D eigenvalue weighted by atomic mass is 9.33. The molecule has 266 valence electrons. The van der Waals surface area contributed by atoms with Crippen molar-refractivity contribution >= 4 is 62.2 Å². The number of benzene rings is 4. The highest BCUT2D eigenvalue weighted by atomic mass is 15.2. The number of hydrogen-bond donors (Lipinski definition) is 0. The van der Waals surface area contributed by atoms with E-state index in [4.69, 9.17) is 15.0 Å². The summed E-state index contributed by atoms with van der Waals surface area (Å²) in [5, 5.41) is 2.37. The fourth-order valence-corrected chi connectivity index (χ4v) is 10.8. The molecule has 4 aromatic carbocycles. The van der Waals surface area contributed by atoms with Gasteiger partial charge in [0.15, 0.2) is 0 Å². The van der Waals surface area contributed by atoms with Gasteiger partial charge < -0.3 is 4.57 Å². The lowest BCUT2D eigenvalue weighted by Crippen LogP contribution is -2.53. The first-order valence-corrected chi connectivity index (χ1v) is 19.8. The van der Waals surface area contributed by atoms with Crippen LogP contribution in [0, 0.1) is 0 Å². The highest BCUT2D eigenvalue weighted by Crippen LogP contribution is 2.54. The summed E-state index contributed by atoms with van der Waals surface area (Å²) in [6.45, 7) is -0.0356. The zero-order valence-electron chi connectivity index (χ0n) is 31.0. The highest BCUT2D eigenvalue weighted by Gasteiger charge is 2.47. The van der Waals surface area contributed by atoms with Crippen LogP contribution in [0.2, 0.25) is 0 Å². The van der Waals surface area contributed by atoms with E-state index < -0.39 is 0 Å². The lowest BCUT2D eigenvalue weighted by molar-refractivity contribution is 0.901. The SMILES string of the molecule is C1=CC=C2B3c4c(cc(-c5ccccn5)cc4-n4c2c(c2c5ncccc5n(-c5ccccc5)c24)C=1)-n1c2c(c4cccc3c41)-c1ncccc1C2c1ccccc1. The van der Waals surface area contributed by atoms with Crippen LogP contribution in [-0.4, -0.2) is 35.4 Å². The molecule has 0 spiro atoms. The molecule has 1 atom stereocenters. The average molecular weight is 737 g/mol. The van der Waals surface area contributed by atoms with Crippen molar-refractivity contribution in [3.8, 4) is 39.6 Å². The number of nitrogens with zero attached hydrogens (tertiary/aromatic N) is 6. The van der Waals surface area contributed by atoms with Crippen LogP contribution < -0.4 is 10.9 Å². The summed E-state index contributed by atoms with van der Waals surface area (Å²) in [5.41, 5.74) is 25.6. The standard InChI is InChI=1S/C51H29BN6/c1-3-14-30(15-4-1)42-33-20-12-26-54-46(33)43-34-19-11-22-37-48(34)57(50(42)43)40-28-31(38-23-9-10-25-53-38)29-41-45(40)52(37)36-21-8-7-18-35-44-47-39(24-13-27-55-47)56(32-16-5-2-6-17-32)51(44)58(41)49(35)36/h1-6,8-29,42H. The average Bonchev–Trinajstić information content (AvgIpc) is 3.96. The van der Waals surface area contributed by atoms with E-state index in [0.717, 1.165) is 56.0 Å². The molecule has 4 aliphatic rings. The molecule has 0 radical (unpaired) electrons. The van der Waals surface area contributed by atoms with Crippen molar-refractivity contribution < 1.29 is 0 Å². The van der Waals surface area contributed by atoms with E-state index in [0.29, 0.717) is 0 Å². The predicted molar refractivity (Wildman–Crippen MR) is 234 cm³/mol. The maximum atomic E-state index is 5.13. The molecule has 0 amide bonds. The zero-order valence-corrected chi connectivity index (χ0v) is 31.0. The highest BCUT2D eigenvalue weighted by molar-refractivity contribution is 7.03. The topological polar surface area (TPSA) is 53.5 Å². The van der Waals surface area contributed by atoms with Gasteiger partial charge in [-0.2, -0.15) is 0 Å². The van der Waals surface area contributed by atoms with Gasteiger partial charge in [-0.15, -0.1) is 5.73 Å². The lowest BCUT2D eigenvalue weighted by Gasteiger charge is -2.36. The fraction of sp³-hybridized carbons (Fsp3) is 0.0196. The van der Waals surface area contributed by atoms with Gasteiger partial charge in [-0.1, -0.05) is 84.9 Å². The summed E-state index contributed by atoms with van der Waals surface area (Å²) < 4.78 is 7.54. The van der Waals surface area contributed by atoms with Gasteiger partial charge in [0, 0.05) is 68.9 Å². The van der Waals surface area contributed by atoms with Gasteiger partial charge in [-0.3, -0.25) is 24.1 Å². The van der Waals surface area contributed by atoms with E-state index in [1.165, 1.54) is 61.1 Å². The van der Waals surface area contributed by atoms with Crippen molar-refractivity contribution in [2.75, 3.05) is 0 Å². The summed E-state index contributed by atoms with van der Waals surface area (Å²) in [4.78, 5) is 15.2. The van der Waals surface area contributed by atoms with Crippen LogP contribution in [0.4, 0.5) is 0 Å². The molecule has 0 saturated heterocycles. The van der Waals surface area contributed by atoms with E-state index in [9.17, 15) is 0 Å². The summed E-state index contributed by atoms with van der Waals surface area (Å²) in [5.74, 6) is 0.00538. The normalized spacial score (nSPS) is 15.1. The first kappa shape index (κ1) is 30.5. The number of allylic oxidation sites excluding steroid dienone is 2. The maximum absolute atomic E-state index is 5.13. The molecular weight excluding hydrogens is 707 g/mol. The first-order chi connectivity index (χ1) is 28.8. The van der Waals surface area contributed by atoms with E-state index in [2.05, 4.69) is 159 Å². The molecule has 14 rings (SSSR count). The molecule has 2 aliphatic heterocycles. The largest absolute Gasteiger partial charge is 0.313 e. The smallest absolute Gasteiger partial charge is 0.252 e. The number of rotatable bonds is 3. The van der Waals surface area contributed by atoms with Crippen molar-refractivity contribution in [3.05, 3.63) is 198 Å². The van der Waals surface area contributed by atoms with E-state index in [-0.39, 0.29) is 12.6 Å². The predicted octanol–water partition coefficient (Wildman–Crippen LogP) is 9.57. The number of hydrogen-bond acceptors (Lipinski definition) is 3. The van der Waals surface area contributed by atoms with Crippen molar-refractivity contribution in [2.45, 2.75) is 5.92 Å². The minimum absolute atomic E-state index is 0.00538. The minimum atomic E-state index is -0.0356. The number of pyridine rings is 3. The molecular formula is C51H29BN6. The molecule has 6 nitrogen and oxygen atoms in total. The van der Waals surface area contributed by atoms with Crippen molar-refractivity contribution in [3.63, 3.8) is 0 Å². The van der Waals surface area contributed by atoms with Gasteiger partial charge in [-0.25, -0.2) is 0 Å². The van der Waals surface area contributed by atoms with Crippen LogP contribution >= 0.6 is 0 Å². The van der Waals surface area contributed by atoms with Crippen LogP contribution in [0.1, 0.15) is 34.0 Å². The summed E-state index contributed by atoms with van der Waals surface area (Å²) in [6, 6.07) is 48.2. The van der Waals surface area contributed by atoms with Crippen molar-refractivity contribution in [2.24, 2.45) is 0 Å². The molecule has 58 heavy (non-hydrogen) atoms. The Kier molecular flexibility index (Phi) is 5.77. The van der Waals surface area contributed by atoms with Gasteiger partial charge in [0.25, 0.3) is 6.71 Å². The molecule has 6 aromatic heterocycles. The van der Waals surface area contributed by atoms with Crippen molar-refractivity contribution in [1.82, 2.24) is 28.7 Å². The van der Waals surface area contributed by atoms with Crippen LogP contribution in [0.3, 0.4) is 0 Å². The van der Waals surface area contributed by atoms with E-state index in [1.54, 1.807) is 0 Å². The van der Waals surface area contributed by atoms with Crippen LogP contribution in [-0.2, 0) is 0 Å². The molecule has 8 heterocycles. The third-order valence-electron chi connectivity index (χ3n) is 12.9. The number of fused-ring (bicyclic) bond motifs is 14. The Morgan fingerprint density at radius 2 is 1.47 bits per heavy atom. The molecule has 2 aliphatic carbocycles. The second-order valence-corrected chi connectivity index (χ2v) is 15.6. The molecule has 0 saturated carbocycles. The Balaban J connectivity index is 1.20. The van der Waals surface area contributed by atoms with Crippen molar-refractivity contribution in [1.29, 1.82) is 0 Å². The fourth-order valence-electron chi connectivity index (χ4n) is 10.8. The molecule has 1 unspecified atom stereocenters. The Hall–Kier alpha value is -7.73. The second-order valence-electron chi connectivity index (χ2n) is 15.6. The van der Waals surface area contributed by atoms with Crippen LogP contribution in [0.5, 0.6) is 0 Å². The minimum Gasteiger partial charge on any atom is -0.313 e. The first-order valence-electron chi connectivity index (χ1n) is 19.8. The number of aromatic nitrogens is 6. The Bertz CT molecular complexity index is 3550. The molecule has 0 fully saturated rings. The third kappa shape index (κ3) is 3.68. The molecule has 0 N–H and O–H groups in total. The second kappa shape index (κ2) is 11.0. The number of para-hydroxylation sites is 2. The molecule has 0 bridgehead atoms. The van der Waals surface area contributed by atoms with Crippen LogP contribution in [0.25, 0.3) is 84.1 Å². The molecule has 10 aromatic rings. The Morgan fingerprint density at radius 3 is 2.33 bits per heavy atom. The van der Waals surface area contributed by atoms with Crippen LogP contribution in [0.15, 0.2) is 170 Å².